The predicted molar refractivity (Wildman–Crippen MR) is 283 cm³/mol. The third-order valence-corrected chi connectivity index (χ3v) is 11.5. The van der Waals surface area contributed by atoms with Crippen molar-refractivity contribution in [2.45, 2.75) is 59.2 Å². The van der Waals surface area contributed by atoms with Crippen molar-refractivity contribution in [2.24, 2.45) is 0 Å². The van der Waals surface area contributed by atoms with Gasteiger partial charge in [0.05, 0.1) is 21.9 Å². The quantitative estimate of drug-likeness (QED) is 0.142. The van der Waals surface area contributed by atoms with Crippen molar-refractivity contribution in [1.29, 1.82) is 0 Å². The molecule has 69 heavy (non-hydrogen) atoms. The molecule has 5 nitrogen and oxygen atoms in total. The summed E-state index contributed by atoms with van der Waals surface area (Å²) in [5.74, 6) is -2.17. The minimum absolute atomic E-state index is 0. The van der Waals surface area contributed by atoms with Gasteiger partial charge in [-0.3, -0.25) is 0 Å². The topological polar surface area (TPSA) is 33.5 Å². The summed E-state index contributed by atoms with van der Waals surface area (Å²) < 4.78 is 221. The van der Waals surface area contributed by atoms with Crippen LogP contribution in [0.5, 0.6) is 11.5 Å². The van der Waals surface area contributed by atoms with E-state index < -0.39 is 190 Å². The minimum atomic E-state index is -3.24. The van der Waals surface area contributed by atoms with E-state index in [4.69, 9.17) is 22.6 Å². The Morgan fingerprint density at radius 3 is 1.96 bits per heavy atom. The fourth-order valence-corrected chi connectivity index (χ4v) is 8.10. The van der Waals surface area contributed by atoms with E-state index in [9.17, 15) is 15.1 Å². The summed E-state index contributed by atoms with van der Waals surface area (Å²) in [6.45, 7) is 10.8. The van der Waals surface area contributed by atoms with Gasteiger partial charge < -0.3 is 19.1 Å². The minimum Gasteiger partial charge on any atom is -0.509 e. The maximum absolute atomic E-state index is 9.66. The molecule has 2 aromatic heterocycles. The fraction of sp³-hybridized carbons (Fsp3) is 0.143. The van der Waals surface area contributed by atoms with E-state index in [0.29, 0.717) is 28.2 Å². The van der Waals surface area contributed by atoms with Gasteiger partial charge in [0.25, 0.3) is 0 Å². The molecule has 0 N–H and O–H groups in total. The first-order valence-corrected chi connectivity index (χ1v) is 21.5. The van der Waals surface area contributed by atoms with Crippen LogP contribution in [0.25, 0.3) is 61.0 Å². The number of ether oxygens (including phenoxy) is 1. The molecule has 11 rings (SSSR count). The molecule has 344 valence electrons. The zero-order valence-corrected chi connectivity index (χ0v) is 40.1. The number of pyridine rings is 1. The number of benzene rings is 8. The van der Waals surface area contributed by atoms with Crippen LogP contribution in [0.4, 0.5) is 22.7 Å². The van der Waals surface area contributed by atoms with Crippen molar-refractivity contribution in [3.63, 3.8) is 0 Å². The van der Waals surface area contributed by atoms with E-state index >= 15 is 0 Å². The molecule has 0 radical (unpaired) electrons. The van der Waals surface area contributed by atoms with Gasteiger partial charge >= 0.3 is 0 Å². The first-order chi connectivity index (χ1) is 42.8. The first kappa shape index (κ1) is 25.4. The molecule has 0 atom stereocenters. The number of hydrogen-bond acceptors (Lipinski definition) is 4. The van der Waals surface area contributed by atoms with Gasteiger partial charge in [-0.25, -0.2) is 4.98 Å². The van der Waals surface area contributed by atoms with Crippen LogP contribution in [0.1, 0.15) is 91.1 Å². The number of anilines is 4. The summed E-state index contributed by atoms with van der Waals surface area (Å²) >= 11 is 0. The SMILES string of the molecule is [2H]c1nc(-n2c3[c-]c(Oc4[c-]c(N5[CH-]N(c6c(-c7cc(C(C)(C)C)cc(C(C)(C)C)c7)cccc6-c6c([2H])c([2H])c([2H])c([2H])c6[2H])c6ccccc65)c([2H])c([2H])c4[2H])c([2H])c([2H])c3c3c([2H])c(-c4c([2H])c([2H])c([2H])c([2H])c4[2H])c([2H])c([2H])c32)c([2H])c(C([2H])([2H])[2H])c1[2H].[Pt]. The maximum atomic E-state index is 9.66. The molecule has 0 aliphatic carbocycles. The number of nitrogens with zero attached hydrogens (tertiary/aromatic N) is 4. The number of para-hydroxylation sites is 3. The van der Waals surface area contributed by atoms with E-state index in [1.807, 2.05) is 18.2 Å². The molecule has 0 fully saturated rings. The second-order valence-electron chi connectivity index (χ2n) is 18.0. The molecule has 0 amide bonds. The summed E-state index contributed by atoms with van der Waals surface area (Å²) in [6.07, 6.45) is -0.979. The van der Waals surface area contributed by atoms with Crippen LogP contribution in [0.2, 0.25) is 0 Å². The van der Waals surface area contributed by atoms with Crippen molar-refractivity contribution in [2.75, 3.05) is 9.80 Å². The average Bonchev–Trinajstić information content (AvgIpc) is 1.57. The summed E-state index contributed by atoms with van der Waals surface area (Å²) in [5.41, 5.74) is 0.0970. The van der Waals surface area contributed by atoms with Crippen LogP contribution in [0, 0.1) is 25.7 Å². The second-order valence-corrected chi connectivity index (χ2v) is 18.0. The van der Waals surface area contributed by atoms with E-state index in [-0.39, 0.29) is 48.7 Å². The van der Waals surface area contributed by atoms with E-state index in [1.54, 1.807) is 48.0 Å². The summed E-state index contributed by atoms with van der Waals surface area (Å²) in [7, 11) is 0. The molecule has 6 heteroatoms. The van der Waals surface area contributed by atoms with Crippen LogP contribution in [0.3, 0.4) is 0 Å². The molecule has 10 aromatic rings. The Bertz CT molecular complexity index is 4790. The third-order valence-electron chi connectivity index (χ3n) is 11.5. The Labute approximate surface area is 454 Å². The van der Waals surface area contributed by atoms with Crippen LogP contribution in [0.15, 0.2) is 188 Å². The summed E-state index contributed by atoms with van der Waals surface area (Å²) in [6, 6.07) is 8.76. The van der Waals surface area contributed by atoms with E-state index in [0.717, 1.165) is 15.7 Å². The average molecular weight is 1100 g/mol. The maximum Gasteiger partial charge on any atom is 0.135 e. The van der Waals surface area contributed by atoms with Crippen LogP contribution in [-0.4, -0.2) is 9.55 Å². The van der Waals surface area contributed by atoms with Gasteiger partial charge in [0.1, 0.15) is 5.82 Å². The third kappa shape index (κ3) is 8.66. The van der Waals surface area contributed by atoms with Gasteiger partial charge in [-0.1, -0.05) is 168 Å². The standard InChI is InChI=1S/C63H53N4O.Pt/c1-42-32-33-64-60(34-42)67-56-31-28-45(43-18-10-8-11-19-43)37-55(56)54-30-29-51(40-59(54)67)68-50-23-16-22-49(39-50)65-41-66(58-27-15-14-26-57(58)65)61-52(44-20-12-9-13-21-44)24-17-25-53(61)46-35-47(62(2,3)4)38-48(36-46)63(5,6)7;/h8-38,41H,1-7H3;/q-3;/i1D3,8D,9D,10D,11D,12D,13D,16D,18D,19D,20D,21D,22D,23D,28D,29D,30D,31D,32D,33D,34D,37D;. The smallest absolute Gasteiger partial charge is 0.135 e. The Morgan fingerprint density at radius 1 is 0.594 bits per heavy atom. The van der Waals surface area contributed by atoms with E-state index in [1.165, 1.54) is 4.90 Å². The molecule has 0 spiro atoms. The Kier molecular flexibility index (Phi) is 6.64. The second kappa shape index (κ2) is 18.0. The number of rotatable bonds is 8. The molecule has 0 unspecified atom stereocenters. The van der Waals surface area contributed by atoms with Crippen molar-refractivity contribution in [3.05, 3.63) is 223 Å². The summed E-state index contributed by atoms with van der Waals surface area (Å²) in [4.78, 5) is 7.27. The van der Waals surface area contributed by atoms with Crippen LogP contribution in [-0.2, 0) is 31.9 Å². The molecular formula is C63H53N4OPt-3. The molecule has 0 saturated heterocycles. The first-order valence-electron chi connectivity index (χ1n) is 33.5. The molecule has 1 aliphatic rings. The molecule has 8 aromatic carbocycles. The van der Waals surface area contributed by atoms with Crippen molar-refractivity contribution >= 4 is 44.6 Å². The Balaban J connectivity index is 0.00000946. The molecule has 0 saturated carbocycles. The molecular weight excluding hydrogens is 1020 g/mol. The predicted octanol–water partition coefficient (Wildman–Crippen LogP) is 16.9. The van der Waals surface area contributed by atoms with Gasteiger partial charge in [0.2, 0.25) is 0 Å². The van der Waals surface area contributed by atoms with Crippen molar-refractivity contribution in [3.8, 4) is 50.7 Å². The zero-order valence-electron chi connectivity index (χ0n) is 61.9. The van der Waals surface area contributed by atoms with Gasteiger partial charge in [-0.15, -0.1) is 48.0 Å². The van der Waals surface area contributed by atoms with Crippen LogP contribution >= 0.6 is 0 Å². The van der Waals surface area contributed by atoms with Crippen LogP contribution < -0.4 is 14.5 Å². The van der Waals surface area contributed by atoms with Gasteiger partial charge in [0, 0.05) is 79.3 Å². The normalized spacial score (nSPS) is 17.7. The summed E-state index contributed by atoms with van der Waals surface area (Å²) in [5, 5.41) is -0.989. The van der Waals surface area contributed by atoms with Gasteiger partial charge in [0.15, 0.2) is 0 Å². The van der Waals surface area contributed by atoms with Crippen molar-refractivity contribution < 1.29 is 58.7 Å². The largest absolute Gasteiger partial charge is 0.509 e. The molecule has 3 heterocycles. The monoisotopic (exact) mass is 1100 g/mol. The van der Waals surface area contributed by atoms with Gasteiger partial charge in [-0.2, -0.15) is 12.1 Å². The molecule has 0 bridgehead atoms. The fourth-order valence-electron chi connectivity index (χ4n) is 8.10. The Morgan fingerprint density at radius 2 is 1.26 bits per heavy atom. The van der Waals surface area contributed by atoms with Crippen molar-refractivity contribution in [1.82, 2.24) is 9.55 Å². The Hall–Kier alpha value is -7.20. The zero-order chi connectivity index (χ0) is 67.5. The van der Waals surface area contributed by atoms with E-state index in [2.05, 4.69) is 64.7 Å². The van der Waals surface area contributed by atoms with Gasteiger partial charge in [-0.05, 0) is 96.4 Å². The molecule has 1 aliphatic heterocycles. The number of aromatic nitrogens is 2. The number of fused-ring (bicyclic) bond motifs is 4. The number of hydrogen-bond donors (Lipinski definition) is 0.